The highest BCUT2D eigenvalue weighted by molar-refractivity contribution is 5.95. The van der Waals surface area contributed by atoms with Crippen molar-refractivity contribution >= 4 is 18.2 Å². The van der Waals surface area contributed by atoms with Gasteiger partial charge in [-0.1, -0.05) is 25.7 Å². The number of hydrogen-bond donors (Lipinski definition) is 1. The smallest absolute Gasteiger partial charge is 0.272 e. The van der Waals surface area contributed by atoms with Crippen LogP contribution in [0.3, 0.4) is 0 Å². The van der Waals surface area contributed by atoms with Gasteiger partial charge in [-0.05, 0) is 30.9 Å². The minimum absolute atomic E-state index is 0.00582. The van der Waals surface area contributed by atoms with Crippen LogP contribution in [0.5, 0.6) is 0 Å². The second kappa shape index (κ2) is 8.94. The maximum atomic E-state index is 12.9. The summed E-state index contributed by atoms with van der Waals surface area (Å²) in [6, 6.07) is 2.68. The maximum absolute atomic E-state index is 12.9. The van der Waals surface area contributed by atoms with E-state index in [4.69, 9.17) is 0 Å². The first-order chi connectivity index (χ1) is 13.1. The average Bonchev–Trinajstić information content (AvgIpc) is 3.38. The van der Waals surface area contributed by atoms with Gasteiger partial charge in [0.2, 0.25) is 12.3 Å². The molecule has 1 aromatic rings. The molecule has 1 aliphatic carbocycles. The lowest BCUT2D eigenvalue weighted by Crippen LogP contribution is -2.47. The highest BCUT2D eigenvalue weighted by Gasteiger charge is 2.34. The number of carbonyl (C=O) groups excluding carboxylic acids is 3. The molecule has 27 heavy (non-hydrogen) atoms. The van der Waals surface area contributed by atoms with Crippen LogP contribution >= 0.6 is 0 Å². The first-order valence-electron chi connectivity index (χ1n) is 9.55. The van der Waals surface area contributed by atoms with Crippen LogP contribution in [-0.2, 0) is 9.59 Å². The van der Waals surface area contributed by atoms with E-state index in [-0.39, 0.29) is 18.2 Å². The van der Waals surface area contributed by atoms with Gasteiger partial charge in [-0.15, -0.1) is 0 Å². The average molecular weight is 374 g/mol. The fraction of sp³-hybridized carbons (Fsp3) is 0.579. The highest BCUT2D eigenvalue weighted by atomic mass is 16.5. The topological polar surface area (TPSA) is 94.0 Å². The van der Waals surface area contributed by atoms with Gasteiger partial charge in [0.25, 0.3) is 5.91 Å². The molecule has 0 radical (unpaired) electrons. The van der Waals surface area contributed by atoms with E-state index in [1.165, 1.54) is 10.0 Å². The lowest BCUT2D eigenvalue weighted by Gasteiger charge is -2.31. The molecular formula is C19H26N4O4. The maximum Gasteiger partial charge on any atom is 0.272 e. The van der Waals surface area contributed by atoms with Gasteiger partial charge in [-0.25, -0.2) is 10.1 Å². The summed E-state index contributed by atoms with van der Waals surface area (Å²) in [4.78, 5) is 40.5. The molecule has 2 aliphatic rings. The van der Waals surface area contributed by atoms with E-state index in [2.05, 4.69) is 4.98 Å². The van der Waals surface area contributed by atoms with Crippen molar-refractivity contribution in [2.24, 2.45) is 5.92 Å². The Bertz CT molecular complexity index is 663. The normalized spacial score (nSPS) is 18.6. The molecule has 1 saturated carbocycles. The third-order valence-electron chi connectivity index (χ3n) is 5.45. The van der Waals surface area contributed by atoms with Crippen molar-refractivity contribution in [2.45, 2.75) is 51.0 Å². The summed E-state index contributed by atoms with van der Waals surface area (Å²) >= 11 is 0. The molecule has 1 saturated heterocycles. The summed E-state index contributed by atoms with van der Waals surface area (Å²) in [5.74, 6) is -0.0730. The largest absolute Gasteiger partial charge is 0.286 e. The zero-order chi connectivity index (χ0) is 19.2. The van der Waals surface area contributed by atoms with Gasteiger partial charge >= 0.3 is 0 Å². The zero-order valence-electron chi connectivity index (χ0n) is 15.4. The minimum atomic E-state index is -0.559. The summed E-state index contributed by atoms with van der Waals surface area (Å²) in [6.07, 6.45) is 9.18. The Morgan fingerprint density at radius 2 is 1.85 bits per heavy atom. The third-order valence-corrected chi connectivity index (χ3v) is 5.45. The molecule has 146 valence electrons. The molecule has 2 heterocycles. The molecular weight excluding hydrogens is 348 g/mol. The van der Waals surface area contributed by atoms with Gasteiger partial charge in [0, 0.05) is 31.0 Å². The van der Waals surface area contributed by atoms with E-state index >= 15 is 0 Å². The predicted molar refractivity (Wildman–Crippen MR) is 96.3 cm³/mol. The Labute approximate surface area is 158 Å². The lowest BCUT2D eigenvalue weighted by molar-refractivity contribution is -0.166. The number of carbonyl (C=O) groups is 3. The van der Waals surface area contributed by atoms with Crippen LogP contribution in [0.15, 0.2) is 24.5 Å². The standard InChI is InChI=1S/C19H26N4O4/c24-14-23(27)17(12-15-4-1-2-5-15)13-18(25)21-10-3-11-22(21)19(26)16-6-8-20-9-7-16/h6-9,14-15,17,27H,1-5,10-13H2. The zero-order valence-corrected chi connectivity index (χ0v) is 15.4. The molecule has 1 N–H and O–H groups in total. The van der Waals surface area contributed by atoms with Crippen molar-refractivity contribution in [3.63, 3.8) is 0 Å². The summed E-state index contributed by atoms with van der Waals surface area (Å²) < 4.78 is 0. The Kier molecular flexibility index (Phi) is 6.39. The van der Waals surface area contributed by atoms with E-state index in [1.54, 1.807) is 24.5 Å². The Morgan fingerprint density at radius 3 is 2.52 bits per heavy atom. The first kappa shape index (κ1) is 19.3. The van der Waals surface area contributed by atoms with Crippen LogP contribution < -0.4 is 0 Å². The van der Waals surface area contributed by atoms with Crippen LogP contribution in [0.1, 0.15) is 55.3 Å². The van der Waals surface area contributed by atoms with Gasteiger partial charge in [0.15, 0.2) is 0 Å². The number of amides is 3. The number of rotatable bonds is 7. The van der Waals surface area contributed by atoms with E-state index in [0.29, 0.717) is 48.9 Å². The molecule has 1 atom stereocenters. The van der Waals surface area contributed by atoms with Crippen molar-refractivity contribution in [2.75, 3.05) is 13.1 Å². The summed E-state index contributed by atoms with van der Waals surface area (Å²) in [5.41, 5.74) is 0.476. The van der Waals surface area contributed by atoms with Gasteiger partial charge in [-0.3, -0.25) is 29.6 Å². The number of aromatic nitrogens is 1. The SMILES string of the molecule is O=CN(O)C(CC(=O)N1CCCN1C(=O)c1ccncc1)CC1CCCC1. The van der Waals surface area contributed by atoms with Crippen molar-refractivity contribution in [3.8, 4) is 0 Å². The Balaban J connectivity index is 1.66. The quantitative estimate of drug-likeness (QED) is 0.447. The summed E-state index contributed by atoms with van der Waals surface area (Å²) in [7, 11) is 0. The fourth-order valence-corrected chi connectivity index (χ4v) is 4.03. The molecule has 8 heteroatoms. The number of hydrogen-bond acceptors (Lipinski definition) is 5. The Hall–Kier alpha value is -2.48. The molecule has 1 aliphatic heterocycles. The van der Waals surface area contributed by atoms with Gasteiger partial charge in [0.1, 0.15) is 0 Å². The number of nitrogens with zero attached hydrogens (tertiary/aromatic N) is 4. The van der Waals surface area contributed by atoms with Crippen molar-refractivity contribution in [3.05, 3.63) is 30.1 Å². The van der Waals surface area contributed by atoms with E-state index in [1.807, 2.05) is 0 Å². The summed E-state index contributed by atoms with van der Waals surface area (Å²) in [6.45, 7) is 0.926. The molecule has 3 rings (SSSR count). The van der Waals surface area contributed by atoms with Gasteiger partial charge < -0.3 is 0 Å². The van der Waals surface area contributed by atoms with Crippen molar-refractivity contribution in [1.82, 2.24) is 20.1 Å². The van der Waals surface area contributed by atoms with E-state index in [9.17, 15) is 19.6 Å². The fourth-order valence-electron chi connectivity index (χ4n) is 4.03. The van der Waals surface area contributed by atoms with E-state index < -0.39 is 6.04 Å². The number of pyridine rings is 1. The second-order valence-corrected chi connectivity index (χ2v) is 7.26. The highest BCUT2D eigenvalue weighted by Crippen LogP contribution is 2.30. The monoisotopic (exact) mass is 374 g/mol. The Morgan fingerprint density at radius 1 is 1.19 bits per heavy atom. The van der Waals surface area contributed by atoms with E-state index in [0.717, 1.165) is 25.7 Å². The molecule has 2 fully saturated rings. The molecule has 0 bridgehead atoms. The molecule has 1 unspecified atom stereocenters. The molecule has 1 aromatic heterocycles. The molecule has 3 amide bonds. The third kappa shape index (κ3) is 4.63. The lowest BCUT2D eigenvalue weighted by atomic mass is 9.96. The summed E-state index contributed by atoms with van der Waals surface area (Å²) in [5, 5.41) is 13.4. The number of hydroxylamine groups is 2. The van der Waals surface area contributed by atoms with Crippen LogP contribution in [-0.4, -0.2) is 62.6 Å². The van der Waals surface area contributed by atoms with Gasteiger partial charge in [-0.2, -0.15) is 0 Å². The molecule has 8 nitrogen and oxygen atoms in total. The van der Waals surface area contributed by atoms with Crippen molar-refractivity contribution < 1.29 is 19.6 Å². The second-order valence-electron chi connectivity index (χ2n) is 7.26. The van der Waals surface area contributed by atoms with Crippen molar-refractivity contribution in [1.29, 1.82) is 0 Å². The molecule has 0 aromatic carbocycles. The first-order valence-corrected chi connectivity index (χ1v) is 9.55. The van der Waals surface area contributed by atoms with Crippen LogP contribution in [0.2, 0.25) is 0 Å². The minimum Gasteiger partial charge on any atom is -0.286 e. The van der Waals surface area contributed by atoms with Gasteiger partial charge in [0.05, 0.1) is 12.5 Å². The molecule has 0 spiro atoms. The van der Waals surface area contributed by atoms with Crippen LogP contribution in [0.25, 0.3) is 0 Å². The number of hydrazine groups is 1. The van der Waals surface area contributed by atoms with Crippen LogP contribution in [0, 0.1) is 5.92 Å². The van der Waals surface area contributed by atoms with Crippen LogP contribution in [0.4, 0.5) is 0 Å². The predicted octanol–water partition coefficient (Wildman–Crippen LogP) is 1.86.